The van der Waals surface area contributed by atoms with Gasteiger partial charge in [-0.05, 0) is 39.0 Å². The van der Waals surface area contributed by atoms with E-state index in [4.69, 9.17) is 4.74 Å². The minimum atomic E-state index is -3.64. The van der Waals surface area contributed by atoms with Crippen LogP contribution in [0.1, 0.15) is 52.7 Å². The normalized spacial score (nSPS) is 26.3. The molecule has 0 amide bonds. The Balaban J connectivity index is 2.43. The summed E-state index contributed by atoms with van der Waals surface area (Å²) < 4.78 is 35.7. The fourth-order valence-electron chi connectivity index (χ4n) is 3.20. The van der Waals surface area contributed by atoms with Gasteiger partial charge >= 0.3 is 0 Å². The van der Waals surface area contributed by atoms with E-state index in [0.717, 1.165) is 12.8 Å². The number of hydrogen-bond donors (Lipinski definition) is 0. The molecule has 0 saturated carbocycles. The van der Waals surface area contributed by atoms with Crippen LogP contribution in [0.25, 0.3) is 0 Å². The van der Waals surface area contributed by atoms with Crippen LogP contribution in [0.15, 0.2) is 11.1 Å². The predicted molar refractivity (Wildman–Crippen MR) is 89.5 cm³/mol. The molecule has 2 heterocycles. The van der Waals surface area contributed by atoms with Crippen LogP contribution < -0.4 is 0 Å². The summed E-state index contributed by atoms with van der Waals surface area (Å²) in [6, 6.07) is -0.128. The molecule has 0 spiro atoms. The first-order valence-electron chi connectivity index (χ1n) is 8.30. The summed E-state index contributed by atoms with van der Waals surface area (Å²) in [4.78, 5) is 0.278. The first kappa shape index (κ1) is 18.4. The van der Waals surface area contributed by atoms with E-state index < -0.39 is 15.7 Å². The number of aryl methyl sites for hydroxylation is 2. The van der Waals surface area contributed by atoms with Gasteiger partial charge in [0.05, 0.1) is 18.3 Å². The van der Waals surface area contributed by atoms with Gasteiger partial charge in [-0.25, -0.2) is 8.42 Å². The van der Waals surface area contributed by atoms with Crippen molar-refractivity contribution in [1.82, 2.24) is 14.1 Å². The molecular formula is C16H29N3O3S. The van der Waals surface area contributed by atoms with Gasteiger partial charge in [0.25, 0.3) is 0 Å². The second-order valence-electron chi connectivity index (χ2n) is 7.03. The predicted octanol–water partition coefficient (Wildman–Crippen LogP) is 2.68. The number of hydrogen-bond acceptors (Lipinski definition) is 4. The molecule has 1 aromatic rings. The largest absolute Gasteiger partial charge is 0.358 e. The maximum atomic E-state index is 13.3. The van der Waals surface area contributed by atoms with Crippen LogP contribution in [0.3, 0.4) is 0 Å². The molecule has 2 unspecified atom stereocenters. The number of ether oxygens (including phenoxy) is 1. The molecule has 1 saturated heterocycles. The van der Waals surface area contributed by atoms with Crippen molar-refractivity contribution < 1.29 is 13.2 Å². The summed E-state index contributed by atoms with van der Waals surface area (Å²) in [5.41, 5.74) is -0.257. The van der Waals surface area contributed by atoms with Crippen molar-refractivity contribution in [2.24, 2.45) is 13.0 Å². The zero-order valence-electron chi connectivity index (χ0n) is 15.0. The molecule has 132 valence electrons. The Morgan fingerprint density at radius 1 is 1.48 bits per heavy atom. The molecule has 0 aromatic carbocycles. The molecule has 6 nitrogen and oxygen atoms in total. The third-order valence-electron chi connectivity index (χ3n) is 4.55. The van der Waals surface area contributed by atoms with Gasteiger partial charge in [-0.15, -0.1) is 0 Å². The summed E-state index contributed by atoms with van der Waals surface area (Å²) in [6.07, 6.45) is 3.93. The van der Waals surface area contributed by atoms with E-state index in [0.29, 0.717) is 24.6 Å². The van der Waals surface area contributed by atoms with Crippen LogP contribution in [0.2, 0.25) is 0 Å². The van der Waals surface area contributed by atoms with Crippen molar-refractivity contribution >= 4 is 10.0 Å². The van der Waals surface area contributed by atoms with E-state index in [2.05, 4.69) is 18.9 Å². The Morgan fingerprint density at radius 3 is 2.61 bits per heavy atom. The van der Waals surface area contributed by atoms with Crippen LogP contribution >= 0.6 is 0 Å². The molecular weight excluding hydrogens is 314 g/mol. The summed E-state index contributed by atoms with van der Waals surface area (Å²) in [5, 5.41) is 4.19. The lowest BCUT2D eigenvalue weighted by molar-refractivity contribution is -0.0433. The van der Waals surface area contributed by atoms with Gasteiger partial charge in [0.1, 0.15) is 10.6 Å². The van der Waals surface area contributed by atoms with E-state index in [1.807, 2.05) is 13.8 Å². The van der Waals surface area contributed by atoms with E-state index in [1.165, 1.54) is 0 Å². The number of rotatable bonds is 6. The fraction of sp³-hybridized carbons (Fsp3) is 0.812. The average Bonchev–Trinajstić information content (AvgIpc) is 2.97. The Bertz CT molecular complexity index is 654. The molecule has 0 radical (unpaired) electrons. The zero-order chi connectivity index (χ0) is 17.4. The zero-order valence-corrected chi connectivity index (χ0v) is 15.9. The molecule has 2 rings (SSSR count). The van der Waals surface area contributed by atoms with Gasteiger partial charge in [-0.2, -0.15) is 9.40 Å². The molecule has 0 N–H and O–H groups in total. The summed E-state index contributed by atoms with van der Waals surface area (Å²) in [7, 11) is -1.90. The molecule has 1 fully saturated rings. The van der Waals surface area contributed by atoms with E-state index in [1.54, 1.807) is 29.2 Å². The number of sulfonamides is 1. The van der Waals surface area contributed by atoms with Gasteiger partial charge in [-0.3, -0.25) is 4.68 Å². The quantitative estimate of drug-likeness (QED) is 0.796. The third kappa shape index (κ3) is 3.46. The highest BCUT2D eigenvalue weighted by atomic mass is 32.2. The molecule has 1 aliphatic rings. The summed E-state index contributed by atoms with van der Waals surface area (Å²) >= 11 is 0. The lowest BCUT2D eigenvalue weighted by Crippen LogP contribution is -2.49. The fourth-order valence-corrected chi connectivity index (χ4v) is 5.37. The van der Waals surface area contributed by atoms with E-state index in [9.17, 15) is 8.42 Å². The first-order valence-corrected chi connectivity index (χ1v) is 9.74. The van der Waals surface area contributed by atoms with Crippen LogP contribution in [0.5, 0.6) is 0 Å². The number of aromatic nitrogens is 2. The smallest absolute Gasteiger partial charge is 0.249 e. The van der Waals surface area contributed by atoms with Gasteiger partial charge in [0, 0.05) is 13.2 Å². The lowest BCUT2D eigenvalue weighted by atomic mass is 10.0. The Hall–Kier alpha value is -0.920. The van der Waals surface area contributed by atoms with Crippen LogP contribution in [0, 0.1) is 12.8 Å². The molecule has 0 bridgehead atoms. The highest BCUT2D eigenvalue weighted by Gasteiger charge is 2.50. The monoisotopic (exact) mass is 343 g/mol. The molecule has 1 aliphatic heterocycles. The van der Waals surface area contributed by atoms with Crippen molar-refractivity contribution in [3.63, 3.8) is 0 Å². The molecule has 1 aromatic heterocycles. The maximum absolute atomic E-state index is 13.3. The van der Waals surface area contributed by atoms with Crippen LogP contribution in [-0.4, -0.2) is 40.9 Å². The highest BCUT2D eigenvalue weighted by molar-refractivity contribution is 7.89. The lowest BCUT2D eigenvalue weighted by Gasteiger charge is -2.35. The summed E-state index contributed by atoms with van der Waals surface area (Å²) in [5.74, 6) is 0.501. The van der Waals surface area contributed by atoms with Gasteiger partial charge in [-0.1, -0.05) is 20.8 Å². The van der Waals surface area contributed by atoms with Crippen molar-refractivity contribution in [2.75, 3.05) is 6.61 Å². The molecule has 2 atom stereocenters. The Kier molecular flexibility index (Phi) is 5.23. The summed E-state index contributed by atoms with van der Waals surface area (Å²) in [6.45, 7) is 10.4. The van der Waals surface area contributed by atoms with Crippen molar-refractivity contribution in [1.29, 1.82) is 0 Å². The minimum absolute atomic E-state index is 0.128. The van der Waals surface area contributed by atoms with Crippen LogP contribution in [0.4, 0.5) is 0 Å². The molecule has 23 heavy (non-hydrogen) atoms. The Morgan fingerprint density at radius 2 is 2.13 bits per heavy atom. The van der Waals surface area contributed by atoms with Gasteiger partial charge in [0.15, 0.2) is 0 Å². The second kappa shape index (κ2) is 6.53. The topological polar surface area (TPSA) is 64.4 Å². The van der Waals surface area contributed by atoms with Gasteiger partial charge < -0.3 is 4.74 Å². The molecule has 7 heteroatoms. The minimum Gasteiger partial charge on any atom is -0.358 e. The average molecular weight is 343 g/mol. The van der Waals surface area contributed by atoms with Gasteiger partial charge in [0.2, 0.25) is 10.0 Å². The first-order chi connectivity index (χ1) is 10.6. The number of nitrogens with zero attached hydrogens (tertiary/aromatic N) is 3. The van der Waals surface area contributed by atoms with E-state index >= 15 is 0 Å². The SMILES string of the molecule is CCC1COC(C)(CCC(C)C)N1S(=O)(=O)c1cn(C)nc1C. The van der Waals surface area contributed by atoms with Crippen molar-refractivity contribution in [2.45, 2.75) is 70.5 Å². The van der Waals surface area contributed by atoms with Crippen molar-refractivity contribution in [3.05, 3.63) is 11.9 Å². The van der Waals surface area contributed by atoms with Crippen LogP contribution in [-0.2, 0) is 21.8 Å². The van der Waals surface area contributed by atoms with E-state index in [-0.39, 0.29) is 10.9 Å². The van der Waals surface area contributed by atoms with Crippen molar-refractivity contribution in [3.8, 4) is 0 Å². The third-order valence-corrected chi connectivity index (χ3v) is 6.71. The highest BCUT2D eigenvalue weighted by Crippen LogP contribution is 2.39. The standard InChI is InChI=1S/C16H29N3O3S/c1-7-14-11-22-16(5,9-8-12(2)3)19(14)23(20,21)15-10-18(6)17-13(15)4/h10,12,14H,7-9,11H2,1-6H3. The second-order valence-corrected chi connectivity index (χ2v) is 8.82. The molecule has 0 aliphatic carbocycles. The maximum Gasteiger partial charge on any atom is 0.249 e. The Labute approximate surface area is 139 Å².